The molecule has 27 heavy (non-hydrogen) atoms. The van der Waals surface area contributed by atoms with Crippen molar-refractivity contribution in [3.63, 3.8) is 0 Å². The van der Waals surface area contributed by atoms with E-state index in [1.807, 2.05) is 6.07 Å². The molecule has 0 bridgehead atoms. The van der Waals surface area contributed by atoms with Gasteiger partial charge < -0.3 is 20.4 Å². The van der Waals surface area contributed by atoms with Crippen LogP contribution in [-0.2, 0) is 4.79 Å². The summed E-state index contributed by atoms with van der Waals surface area (Å²) >= 11 is 0. The molecule has 1 saturated heterocycles. The van der Waals surface area contributed by atoms with E-state index in [9.17, 15) is 4.79 Å². The monoisotopic (exact) mass is 485 g/mol. The van der Waals surface area contributed by atoms with E-state index in [2.05, 4.69) is 44.8 Å². The highest BCUT2D eigenvalue weighted by atomic mass is 127. The van der Waals surface area contributed by atoms with Crippen molar-refractivity contribution in [1.82, 2.24) is 15.5 Å². The molecule has 2 N–H and O–H groups in total. The standard InChI is InChI=1S/C20H31N5O.HI/c1-24(2)19(26)14-21-20(22-16-8-6-7-9-16)23-17-12-13-25(15-17)18-10-4-3-5-11-18;/h3-5,10-11,16-17H,6-9,12-15H2,1-2H3,(H2,21,22,23);1H. The largest absolute Gasteiger partial charge is 0.369 e. The molecule has 2 aliphatic rings. The summed E-state index contributed by atoms with van der Waals surface area (Å²) in [5.41, 5.74) is 1.27. The second kappa shape index (κ2) is 10.7. The van der Waals surface area contributed by atoms with Gasteiger partial charge in [-0.05, 0) is 31.4 Å². The van der Waals surface area contributed by atoms with Crippen molar-refractivity contribution >= 4 is 41.5 Å². The molecule has 1 aromatic rings. The number of aliphatic imine (C=N–C) groups is 1. The van der Waals surface area contributed by atoms with Crippen molar-refractivity contribution in [1.29, 1.82) is 0 Å². The van der Waals surface area contributed by atoms with Crippen molar-refractivity contribution in [3.05, 3.63) is 30.3 Å². The number of hydrogen-bond donors (Lipinski definition) is 2. The summed E-state index contributed by atoms with van der Waals surface area (Å²) in [4.78, 5) is 20.5. The van der Waals surface area contributed by atoms with E-state index in [0.717, 1.165) is 25.5 Å². The van der Waals surface area contributed by atoms with E-state index in [1.54, 1.807) is 19.0 Å². The molecule has 0 spiro atoms. The zero-order valence-electron chi connectivity index (χ0n) is 16.4. The van der Waals surface area contributed by atoms with Gasteiger partial charge in [0.25, 0.3) is 0 Å². The van der Waals surface area contributed by atoms with E-state index >= 15 is 0 Å². The third-order valence-electron chi connectivity index (χ3n) is 5.22. The summed E-state index contributed by atoms with van der Waals surface area (Å²) in [5, 5.41) is 7.10. The zero-order valence-corrected chi connectivity index (χ0v) is 18.7. The lowest BCUT2D eigenvalue weighted by molar-refractivity contribution is -0.127. The van der Waals surface area contributed by atoms with E-state index in [-0.39, 0.29) is 36.4 Å². The fraction of sp³-hybridized carbons (Fsp3) is 0.600. The highest BCUT2D eigenvalue weighted by Gasteiger charge is 2.25. The molecule has 1 heterocycles. The first-order valence-corrected chi connectivity index (χ1v) is 9.69. The van der Waals surface area contributed by atoms with Crippen LogP contribution in [0.2, 0.25) is 0 Å². The number of likely N-dealkylation sites (N-methyl/N-ethyl adjacent to an activating group) is 1. The van der Waals surface area contributed by atoms with Gasteiger partial charge in [0.2, 0.25) is 5.91 Å². The first-order valence-electron chi connectivity index (χ1n) is 9.69. The Hall–Kier alpha value is -1.51. The molecule has 1 unspecified atom stereocenters. The van der Waals surface area contributed by atoms with Crippen LogP contribution < -0.4 is 15.5 Å². The maximum absolute atomic E-state index is 11.9. The van der Waals surface area contributed by atoms with Crippen molar-refractivity contribution in [3.8, 4) is 0 Å². The molecular formula is C20H32IN5O. The minimum Gasteiger partial charge on any atom is -0.369 e. The fourth-order valence-corrected chi connectivity index (χ4v) is 3.63. The Morgan fingerprint density at radius 1 is 1.11 bits per heavy atom. The third kappa shape index (κ3) is 6.55. The molecule has 3 rings (SSSR count). The van der Waals surface area contributed by atoms with Crippen LogP contribution in [0.3, 0.4) is 0 Å². The maximum atomic E-state index is 11.9. The number of hydrogen-bond acceptors (Lipinski definition) is 3. The topological polar surface area (TPSA) is 60.0 Å². The SMILES string of the molecule is CN(C)C(=O)CN=C(NC1CCCC1)NC1CCN(c2ccccc2)C1.I. The first kappa shape index (κ1) is 21.8. The first-order chi connectivity index (χ1) is 12.6. The average Bonchev–Trinajstić information content (AvgIpc) is 3.32. The van der Waals surface area contributed by atoms with Gasteiger partial charge in [-0.15, -0.1) is 24.0 Å². The summed E-state index contributed by atoms with van der Waals surface area (Å²) in [7, 11) is 3.54. The van der Waals surface area contributed by atoms with Crippen LogP contribution in [0, 0.1) is 0 Å². The van der Waals surface area contributed by atoms with E-state index in [1.165, 1.54) is 31.4 Å². The number of para-hydroxylation sites is 1. The van der Waals surface area contributed by atoms with Crippen LogP contribution in [0.4, 0.5) is 5.69 Å². The van der Waals surface area contributed by atoms with Gasteiger partial charge >= 0.3 is 0 Å². The van der Waals surface area contributed by atoms with E-state index in [0.29, 0.717) is 12.1 Å². The van der Waals surface area contributed by atoms with Crippen molar-refractivity contribution in [2.75, 3.05) is 38.6 Å². The second-order valence-corrected chi connectivity index (χ2v) is 7.49. The lowest BCUT2D eigenvalue weighted by Gasteiger charge is -2.22. The normalized spacial score (nSPS) is 20.3. The van der Waals surface area contributed by atoms with Crippen LogP contribution in [0.15, 0.2) is 35.3 Å². The number of amides is 1. The van der Waals surface area contributed by atoms with Crippen LogP contribution >= 0.6 is 24.0 Å². The molecule has 6 nitrogen and oxygen atoms in total. The summed E-state index contributed by atoms with van der Waals surface area (Å²) < 4.78 is 0. The Morgan fingerprint density at radius 3 is 2.44 bits per heavy atom. The minimum atomic E-state index is 0. The lowest BCUT2D eigenvalue weighted by atomic mass is 10.2. The number of nitrogens with zero attached hydrogens (tertiary/aromatic N) is 3. The number of benzene rings is 1. The van der Waals surface area contributed by atoms with Gasteiger partial charge in [-0.25, -0.2) is 4.99 Å². The van der Waals surface area contributed by atoms with Crippen molar-refractivity contribution in [2.45, 2.75) is 44.2 Å². The number of halogens is 1. The van der Waals surface area contributed by atoms with Crippen LogP contribution in [0.25, 0.3) is 0 Å². The van der Waals surface area contributed by atoms with Gasteiger partial charge in [0, 0.05) is 45.0 Å². The van der Waals surface area contributed by atoms with Gasteiger partial charge in [0.1, 0.15) is 6.54 Å². The molecule has 1 saturated carbocycles. The predicted molar refractivity (Wildman–Crippen MR) is 122 cm³/mol. The number of nitrogens with one attached hydrogen (secondary N) is 2. The molecule has 1 amide bonds. The van der Waals surface area contributed by atoms with Gasteiger partial charge in [0.15, 0.2) is 5.96 Å². The predicted octanol–water partition coefficient (Wildman–Crippen LogP) is 2.45. The second-order valence-electron chi connectivity index (χ2n) is 7.49. The highest BCUT2D eigenvalue weighted by molar-refractivity contribution is 14.0. The number of carbonyl (C=O) groups excluding carboxylic acids is 1. The van der Waals surface area contributed by atoms with Crippen LogP contribution in [0.1, 0.15) is 32.1 Å². The maximum Gasteiger partial charge on any atom is 0.243 e. The average molecular weight is 485 g/mol. The summed E-state index contributed by atoms with van der Waals surface area (Å²) in [6.07, 6.45) is 5.98. The quantitative estimate of drug-likeness (QED) is 0.382. The Kier molecular flexibility index (Phi) is 8.66. The van der Waals surface area contributed by atoms with Crippen molar-refractivity contribution < 1.29 is 4.79 Å². The lowest BCUT2D eigenvalue weighted by Crippen LogP contribution is -2.48. The molecule has 150 valence electrons. The number of carbonyl (C=O) groups is 1. The Bertz CT molecular complexity index is 616. The summed E-state index contributed by atoms with van der Waals surface area (Å²) in [5.74, 6) is 0.807. The smallest absolute Gasteiger partial charge is 0.243 e. The van der Waals surface area contributed by atoms with Crippen LogP contribution in [0.5, 0.6) is 0 Å². The molecule has 1 aromatic carbocycles. The molecule has 2 fully saturated rings. The van der Waals surface area contributed by atoms with E-state index < -0.39 is 0 Å². The molecule has 0 radical (unpaired) electrons. The Morgan fingerprint density at radius 2 is 1.78 bits per heavy atom. The highest BCUT2D eigenvalue weighted by Crippen LogP contribution is 2.20. The Balaban J connectivity index is 0.00000261. The van der Waals surface area contributed by atoms with Gasteiger partial charge in [-0.1, -0.05) is 31.0 Å². The van der Waals surface area contributed by atoms with Crippen LogP contribution in [-0.4, -0.2) is 62.6 Å². The number of rotatable bonds is 5. The zero-order chi connectivity index (χ0) is 18.4. The molecule has 1 aliphatic carbocycles. The van der Waals surface area contributed by atoms with Crippen molar-refractivity contribution in [2.24, 2.45) is 4.99 Å². The number of anilines is 1. The number of guanidine groups is 1. The third-order valence-corrected chi connectivity index (χ3v) is 5.22. The van der Waals surface area contributed by atoms with Gasteiger partial charge in [-0.2, -0.15) is 0 Å². The fourth-order valence-electron chi connectivity index (χ4n) is 3.63. The molecule has 1 atom stereocenters. The van der Waals surface area contributed by atoms with E-state index in [4.69, 9.17) is 0 Å². The summed E-state index contributed by atoms with van der Waals surface area (Å²) in [6, 6.07) is 11.3. The molecule has 1 aliphatic heterocycles. The van der Waals surface area contributed by atoms with Gasteiger partial charge in [0.05, 0.1) is 0 Å². The molecule has 0 aromatic heterocycles. The molecule has 7 heteroatoms. The minimum absolute atomic E-state index is 0. The Labute approximate surface area is 179 Å². The molecular weight excluding hydrogens is 453 g/mol. The van der Waals surface area contributed by atoms with Gasteiger partial charge in [-0.3, -0.25) is 4.79 Å². The summed E-state index contributed by atoms with van der Waals surface area (Å²) in [6.45, 7) is 2.18.